The van der Waals surface area contributed by atoms with Gasteiger partial charge in [-0.05, 0) is 32.7 Å². The molecule has 0 spiro atoms. The van der Waals surface area contributed by atoms with Crippen LogP contribution in [0.5, 0.6) is 0 Å². The fourth-order valence-electron chi connectivity index (χ4n) is 0.863. The van der Waals surface area contributed by atoms with Gasteiger partial charge in [-0.3, -0.25) is 0 Å². The number of rotatable bonds is 4. The summed E-state index contributed by atoms with van der Waals surface area (Å²) in [5.41, 5.74) is 0. The highest BCUT2D eigenvalue weighted by Crippen LogP contribution is 2.39. The van der Waals surface area contributed by atoms with Gasteiger partial charge < -0.3 is 14.7 Å². The zero-order valence-corrected chi connectivity index (χ0v) is 12.1. The van der Waals surface area contributed by atoms with Crippen molar-refractivity contribution in [2.75, 3.05) is 6.26 Å². The molecule has 2 unspecified atom stereocenters. The molecule has 0 aliphatic rings. The highest BCUT2D eigenvalue weighted by molar-refractivity contribution is 8.16. The van der Waals surface area contributed by atoms with E-state index in [1.165, 1.54) is 6.26 Å². The minimum Gasteiger partial charge on any atom is -0.610 e. The van der Waals surface area contributed by atoms with Crippen molar-refractivity contribution in [3.63, 3.8) is 0 Å². The summed E-state index contributed by atoms with van der Waals surface area (Å²) in [4.78, 5) is 9.89. The first-order valence-corrected chi connectivity index (χ1v) is 8.76. The molecule has 2 rings (SSSR count). The predicted octanol–water partition coefficient (Wildman–Crippen LogP) is 1.15. The van der Waals surface area contributed by atoms with Crippen LogP contribution in [0.2, 0.25) is 0 Å². The maximum Gasteiger partial charge on any atom is 0.451 e. The highest BCUT2D eigenvalue weighted by Gasteiger charge is 2.21. The second-order valence-electron chi connectivity index (χ2n) is 2.79. The summed E-state index contributed by atoms with van der Waals surface area (Å²) in [6.45, 7) is 0. The molecule has 0 saturated heterocycles. The molecule has 2 aromatic rings. The Morgan fingerprint density at radius 1 is 1.28 bits per heavy atom. The highest BCUT2D eigenvalue weighted by atomic mass is 32.3. The quantitative estimate of drug-likeness (QED) is 0.358. The van der Waals surface area contributed by atoms with Gasteiger partial charge in [0.15, 0.2) is 4.34 Å². The monoisotopic (exact) mass is 323 g/mol. The lowest BCUT2D eigenvalue weighted by molar-refractivity contribution is -0.385. The van der Waals surface area contributed by atoms with E-state index in [4.69, 9.17) is 0 Å². The van der Waals surface area contributed by atoms with E-state index >= 15 is 0 Å². The second kappa shape index (κ2) is 5.36. The molecule has 18 heavy (non-hydrogen) atoms. The normalized spacial score (nSPS) is 14.3. The van der Waals surface area contributed by atoms with Crippen LogP contribution >= 0.6 is 33.2 Å². The summed E-state index contributed by atoms with van der Waals surface area (Å²) < 4.78 is 12.5. The van der Waals surface area contributed by atoms with Gasteiger partial charge >= 0.3 is 9.47 Å². The van der Waals surface area contributed by atoms with Crippen LogP contribution in [0.15, 0.2) is 13.0 Å². The van der Waals surface area contributed by atoms with Crippen molar-refractivity contribution in [1.82, 2.24) is 20.4 Å². The fourth-order valence-corrected chi connectivity index (χ4v) is 4.92. The number of nitro groups is 1. The molecule has 0 amide bonds. The lowest BCUT2D eigenvalue weighted by Gasteiger charge is -1.95. The van der Waals surface area contributed by atoms with Gasteiger partial charge in [-0.15, -0.1) is 5.10 Å². The maximum atomic E-state index is 11.2. The molecule has 0 saturated carbocycles. The van der Waals surface area contributed by atoms with E-state index in [0.717, 1.165) is 22.7 Å². The molecule has 0 aromatic carbocycles. The number of hydrogen-bond acceptors (Lipinski definition) is 9. The molecule has 0 fully saturated rings. The summed E-state index contributed by atoms with van der Waals surface area (Å²) in [5.74, 6) is 3.85. The summed E-state index contributed by atoms with van der Waals surface area (Å²) >= 11 is 0.809. The number of aromatic nitrogens is 4. The molecule has 96 valence electrons. The van der Waals surface area contributed by atoms with Crippen LogP contribution in [-0.4, -0.2) is 42.0 Å². The van der Waals surface area contributed by atoms with Gasteiger partial charge in [-0.2, -0.15) is 0 Å². The van der Waals surface area contributed by atoms with Crippen molar-refractivity contribution in [2.24, 2.45) is 0 Å². The first-order valence-electron chi connectivity index (χ1n) is 4.18. The van der Waals surface area contributed by atoms with Crippen LogP contribution in [0.25, 0.3) is 0 Å². The Bertz CT molecular complexity index is 608. The zero-order valence-electron chi connectivity index (χ0n) is 8.80. The molecule has 0 aliphatic carbocycles. The van der Waals surface area contributed by atoms with Crippen molar-refractivity contribution in [2.45, 2.75) is 13.0 Å². The van der Waals surface area contributed by atoms with Crippen LogP contribution in [0.3, 0.4) is 0 Å². The van der Waals surface area contributed by atoms with Gasteiger partial charge in [-0.25, -0.2) is 0 Å². The molecule has 0 bridgehead atoms. The topological polar surface area (TPSA) is 118 Å². The Morgan fingerprint density at radius 3 is 2.39 bits per heavy atom. The van der Waals surface area contributed by atoms with Gasteiger partial charge in [-0.1, -0.05) is 21.5 Å². The van der Waals surface area contributed by atoms with Crippen LogP contribution in [0, 0.1) is 10.1 Å². The Balaban J connectivity index is 2.26. The van der Waals surface area contributed by atoms with Crippen molar-refractivity contribution >= 4 is 55.3 Å². The molecule has 0 radical (unpaired) electrons. The first kappa shape index (κ1) is 13.5. The van der Waals surface area contributed by atoms with Crippen LogP contribution in [-0.2, 0) is 11.2 Å². The second-order valence-corrected chi connectivity index (χ2v) is 8.34. The van der Waals surface area contributed by atoms with Gasteiger partial charge in [0.1, 0.15) is 6.26 Å². The van der Waals surface area contributed by atoms with Crippen LogP contribution in [0.4, 0.5) is 5.13 Å². The summed E-state index contributed by atoms with van der Waals surface area (Å²) in [6.07, 6.45) is 1.50. The number of nitrogens with zero attached hydrogens (tertiary/aromatic N) is 5. The lowest BCUT2D eigenvalue weighted by atomic mass is 11.3. The molecular weight excluding hydrogens is 318 g/mol. The summed E-state index contributed by atoms with van der Waals surface area (Å²) in [6, 6.07) is 0. The Morgan fingerprint density at radius 2 is 1.89 bits per heavy atom. The first-order chi connectivity index (χ1) is 8.49. The Hall–Kier alpha value is -0.950. The van der Waals surface area contributed by atoms with E-state index in [1.807, 2.05) is 0 Å². The molecule has 0 N–H and O–H groups in total. The Labute approximate surface area is 114 Å². The lowest BCUT2D eigenvalue weighted by Crippen LogP contribution is -1.95. The Kier molecular flexibility index (Phi) is 4.01. The van der Waals surface area contributed by atoms with E-state index in [9.17, 15) is 14.7 Å². The van der Waals surface area contributed by atoms with Crippen molar-refractivity contribution in [3.05, 3.63) is 10.1 Å². The van der Waals surface area contributed by atoms with Crippen molar-refractivity contribution in [1.29, 1.82) is 0 Å². The third-order valence-electron chi connectivity index (χ3n) is 1.61. The average Bonchev–Trinajstić information content (AvgIpc) is 2.97. The largest absolute Gasteiger partial charge is 0.610 e. The van der Waals surface area contributed by atoms with E-state index in [-0.39, 0.29) is 5.13 Å². The molecule has 8 nitrogen and oxygen atoms in total. The average molecular weight is 323 g/mol. The summed E-state index contributed by atoms with van der Waals surface area (Å²) in [7, 11) is -0.787. The molecular formula is C6H5N5O3S4. The standard InChI is InChI=1S/C6H5N5O3S4/c1-17(4-8-7-3(15-4)11(12)13)5-9-10-6(16-5)18(2)14/h1H2,2H3. The fraction of sp³-hybridized carbons (Fsp3) is 0.167. The van der Waals surface area contributed by atoms with E-state index in [0.29, 0.717) is 13.0 Å². The van der Waals surface area contributed by atoms with Crippen molar-refractivity contribution in [3.8, 4) is 0 Å². The minimum absolute atomic E-state index is 0.282. The van der Waals surface area contributed by atoms with Gasteiger partial charge in [0, 0.05) is 11.2 Å². The molecule has 0 aliphatic heterocycles. The molecule has 2 aromatic heterocycles. The van der Waals surface area contributed by atoms with Crippen molar-refractivity contribution < 1.29 is 9.48 Å². The SMILES string of the molecule is C=S(c1nnc([N+](=O)[O-])s1)c1nnc([S+](C)[O-])s1. The van der Waals surface area contributed by atoms with E-state index in [2.05, 4.69) is 26.3 Å². The van der Waals surface area contributed by atoms with Gasteiger partial charge in [0.05, 0.1) is 5.10 Å². The predicted molar refractivity (Wildman–Crippen MR) is 70.0 cm³/mol. The van der Waals surface area contributed by atoms with Crippen LogP contribution in [0.1, 0.15) is 0 Å². The summed E-state index contributed by atoms with van der Waals surface area (Å²) in [5, 5.41) is 25.0. The maximum absolute atomic E-state index is 11.2. The third kappa shape index (κ3) is 2.72. The minimum atomic E-state index is -1.20. The van der Waals surface area contributed by atoms with Crippen LogP contribution < -0.4 is 0 Å². The molecule has 12 heteroatoms. The third-order valence-corrected chi connectivity index (χ3v) is 7.03. The molecule has 2 heterocycles. The zero-order chi connectivity index (χ0) is 13.3. The molecule has 2 atom stereocenters. The van der Waals surface area contributed by atoms with Gasteiger partial charge in [0.25, 0.3) is 0 Å². The van der Waals surface area contributed by atoms with E-state index in [1.54, 1.807) is 0 Å². The smallest absolute Gasteiger partial charge is 0.451 e. The van der Waals surface area contributed by atoms with E-state index < -0.39 is 26.6 Å². The van der Waals surface area contributed by atoms with Gasteiger partial charge in [0.2, 0.25) is 4.34 Å². The number of hydrogen-bond donors (Lipinski definition) is 0.